The van der Waals surface area contributed by atoms with Crippen LogP contribution in [0.1, 0.15) is 25.8 Å². The molecule has 1 aromatic carbocycles. The van der Waals surface area contributed by atoms with Gasteiger partial charge in [-0.15, -0.1) is 0 Å². The molecule has 1 unspecified atom stereocenters. The highest BCUT2D eigenvalue weighted by atomic mass is 16.5. The number of rotatable bonds is 6. The monoisotopic (exact) mass is 264 g/mol. The van der Waals surface area contributed by atoms with Crippen molar-refractivity contribution in [1.82, 2.24) is 5.32 Å². The molecule has 0 aliphatic heterocycles. The number of carbonyl (C=O) groups is 2. The van der Waals surface area contributed by atoms with E-state index in [1.165, 1.54) is 0 Å². The summed E-state index contributed by atoms with van der Waals surface area (Å²) < 4.78 is 5.06. The number of esters is 1. The molecule has 5 nitrogen and oxygen atoms in total. The first-order chi connectivity index (χ1) is 9.04. The highest BCUT2D eigenvalue weighted by molar-refractivity contribution is 5.84. The lowest BCUT2D eigenvalue weighted by Gasteiger charge is -2.13. The van der Waals surface area contributed by atoms with E-state index in [1.807, 2.05) is 6.92 Å². The molecule has 0 aliphatic carbocycles. The van der Waals surface area contributed by atoms with Crippen molar-refractivity contribution in [3.8, 4) is 0 Å². The molecular formula is C14H20N2O3. The van der Waals surface area contributed by atoms with Crippen LogP contribution in [0.5, 0.6) is 0 Å². The molecule has 1 atom stereocenters. The first-order valence-corrected chi connectivity index (χ1v) is 6.35. The minimum absolute atomic E-state index is 0.0675. The van der Waals surface area contributed by atoms with Crippen molar-refractivity contribution in [1.29, 1.82) is 0 Å². The fourth-order valence-corrected chi connectivity index (χ4v) is 1.53. The first kappa shape index (κ1) is 15.0. The van der Waals surface area contributed by atoms with Gasteiger partial charge >= 0.3 is 5.97 Å². The Bertz CT molecular complexity index is 446. The van der Waals surface area contributed by atoms with Gasteiger partial charge < -0.3 is 15.8 Å². The van der Waals surface area contributed by atoms with Crippen LogP contribution < -0.4 is 11.1 Å². The van der Waals surface area contributed by atoms with Crippen LogP contribution in [0.15, 0.2) is 24.3 Å². The molecule has 0 radical (unpaired) electrons. The van der Waals surface area contributed by atoms with Gasteiger partial charge in [0.25, 0.3) is 5.91 Å². The minimum Gasteiger partial charge on any atom is -0.452 e. The van der Waals surface area contributed by atoms with Crippen molar-refractivity contribution >= 4 is 17.6 Å². The van der Waals surface area contributed by atoms with Crippen LogP contribution in [0.2, 0.25) is 0 Å². The van der Waals surface area contributed by atoms with Gasteiger partial charge in [0, 0.05) is 12.2 Å². The zero-order chi connectivity index (χ0) is 14.3. The minimum atomic E-state index is -0.788. The highest BCUT2D eigenvalue weighted by Gasteiger charge is 2.17. The van der Waals surface area contributed by atoms with Crippen molar-refractivity contribution in [2.75, 3.05) is 12.3 Å². The van der Waals surface area contributed by atoms with Gasteiger partial charge in [0.05, 0.1) is 6.42 Å². The van der Waals surface area contributed by atoms with E-state index in [4.69, 9.17) is 10.5 Å². The average molecular weight is 264 g/mol. The van der Waals surface area contributed by atoms with Crippen LogP contribution in [0.25, 0.3) is 0 Å². The normalized spacial score (nSPS) is 11.7. The Labute approximate surface area is 113 Å². The summed E-state index contributed by atoms with van der Waals surface area (Å²) in [7, 11) is 0. The van der Waals surface area contributed by atoms with Crippen LogP contribution >= 0.6 is 0 Å². The molecule has 1 rings (SSSR count). The third-order valence-corrected chi connectivity index (χ3v) is 2.62. The second kappa shape index (κ2) is 7.41. The molecule has 5 heteroatoms. The molecule has 104 valence electrons. The number of anilines is 1. The number of nitrogens with two attached hydrogens (primary N) is 1. The maximum Gasteiger partial charge on any atom is 0.311 e. The van der Waals surface area contributed by atoms with E-state index >= 15 is 0 Å². The van der Waals surface area contributed by atoms with Crippen molar-refractivity contribution < 1.29 is 14.3 Å². The molecule has 0 aliphatic rings. The number of hydrogen-bond donors (Lipinski definition) is 2. The molecular weight excluding hydrogens is 244 g/mol. The van der Waals surface area contributed by atoms with E-state index in [-0.39, 0.29) is 12.3 Å². The number of benzene rings is 1. The predicted octanol–water partition coefficient (Wildman–Crippen LogP) is 1.27. The van der Waals surface area contributed by atoms with Gasteiger partial charge in [-0.25, -0.2) is 0 Å². The maximum atomic E-state index is 11.7. The molecule has 3 N–H and O–H groups in total. The Morgan fingerprint density at radius 3 is 2.68 bits per heavy atom. The number of nitrogen functional groups attached to an aromatic ring is 1. The Hall–Kier alpha value is -2.04. The number of carbonyl (C=O) groups excluding carboxylic acids is 2. The van der Waals surface area contributed by atoms with Gasteiger partial charge in [-0.3, -0.25) is 9.59 Å². The van der Waals surface area contributed by atoms with Crippen LogP contribution in [0, 0.1) is 0 Å². The van der Waals surface area contributed by atoms with Gasteiger partial charge in [-0.2, -0.15) is 0 Å². The quantitative estimate of drug-likeness (QED) is 0.599. The Balaban J connectivity index is 2.47. The smallest absolute Gasteiger partial charge is 0.311 e. The fraction of sp³-hybridized carbons (Fsp3) is 0.429. The molecule has 0 aromatic heterocycles. The third kappa shape index (κ3) is 4.99. The largest absolute Gasteiger partial charge is 0.452 e. The lowest BCUT2D eigenvalue weighted by atomic mass is 10.1. The Morgan fingerprint density at radius 1 is 1.37 bits per heavy atom. The lowest BCUT2D eigenvalue weighted by molar-refractivity contribution is -0.154. The number of amides is 1. The van der Waals surface area contributed by atoms with E-state index in [0.29, 0.717) is 17.8 Å². The van der Waals surface area contributed by atoms with E-state index < -0.39 is 12.1 Å². The van der Waals surface area contributed by atoms with Gasteiger partial charge in [-0.05, 0) is 25.0 Å². The van der Waals surface area contributed by atoms with Crippen LogP contribution in [-0.2, 0) is 20.7 Å². The van der Waals surface area contributed by atoms with Crippen molar-refractivity contribution in [2.24, 2.45) is 0 Å². The molecule has 1 aromatic rings. The third-order valence-electron chi connectivity index (χ3n) is 2.62. The SMILES string of the molecule is CCCNC(=O)C(C)OC(=O)Cc1ccccc1N. The number of hydrogen-bond acceptors (Lipinski definition) is 4. The van der Waals surface area contributed by atoms with Crippen LogP contribution in [0.4, 0.5) is 5.69 Å². The summed E-state index contributed by atoms with van der Waals surface area (Å²) in [5, 5.41) is 2.67. The summed E-state index contributed by atoms with van der Waals surface area (Å²) in [6.07, 6.45) is 0.120. The number of para-hydroxylation sites is 1. The average Bonchev–Trinajstić information content (AvgIpc) is 2.38. The molecule has 1 amide bonds. The molecule has 0 saturated carbocycles. The zero-order valence-corrected chi connectivity index (χ0v) is 11.3. The summed E-state index contributed by atoms with van der Waals surface area (Å²) in [4.78, 5) is 23.2. The second-order valence-corrected chi connectivity index (χ2v) is 4.30. The molecule has 0 fully saturated rings. The van der Waals surface area contributed by atoms with Crippen LogP contribution in [0.3, 0.4) is 0 Å². The van der Waals surface area contributed by atoms with Gasteiger partial charge in [0.15, 0.2) is 6.10 Å². The van der Waals surface area contributed by atoms with E-state index in [9.17, 15) is 9.59 Å². The second-order valence-electron chi connectivity index (χ2n) is 4.30. The zero-order valence-electron chi connectivity index (χ0n) is 11.3. The van der Waals surface area contributed by atoms with Gasteiger partial charge in [0.2, 0.25) is 0 Å². The van der Waals surface area contributed by atoms with Crippen molar-refractivity contribution in [3.63, 3.8) is 0 Å². The Kier molecular flexibility index (Phi) is 5.85. The lowest BCUT2D eigenvalue weighted by Crippen LogP contribution is -2.36. The van der Waals surface area contributed by atoms with Crippen molar-refractivity contribution in [3.05, 3.63) is 29.8 Å². The summed E-state index contributed by atoms with van der Waals surface area (Å²) >= 11 is 0. The summed E-state index contributed by atoms with van der Waals surface area (Å²) in [5.41, 5.74) is 6.98. The Morgan fingerprint density at radius 2 is 2.05 bits per heavy atom. The predicted molar refractivity (Wildman–Crippen MR) is 73.4 cm³/mol. The topological polar surface area (TPSA) is 81.4 Å². The molecule has 0 heterocycles. The maximum absolute atomic E-state index is 11.7. The standard InChI is InChI=1S/C14H20N2O3/c1-3-8-16-14(18)10(2)19-13(17)9-11-6-4-5-7-12(11)15/h4-7,10H,3,8-9,15H2,1-2H3,(H,16,18). The first-order valence-electron chi connectivity index (χ1n) is 6.35. The van der Waals surface area contributed by atoms with Crippen LogP contribution in [-0.4, -0.2) is 24.5 Å². The highest BCUT2D eigenvalue weighted by Crippen LogP contribution is 2.12. The molecule has 0 bridgehead atoms. The molecule has 19 heavy (non-hydrogen) atoms. The fourth-order valence-electron chi connectivity index (χ4n) is 1.53. The summed E-state index contributed by atoms with van der Waals surface area (Å²) in [5.74, 6) is -0.742. The van der Waals surface area contributed by atoms with Crippen molar-refractivity contribution in [2.45, 2.75) is 32.8 Å². The summed E-state index contributed by atoms with van der Waals surface area (Å²) in [6, 6.07) is 7.08. The number of nitrogens with one attached hydrogen (secondary N) is 1. The van der Waals surface area contributed by atoms with E-state index in [1.54, 1.807) is 31.2 Å². The van der Waals surface area contributed by atoms with Gasteiger partial charge in [0.1, 0.15) is 0 Å². The van der Waals surface area contributed by atoms with Gasteiger partial charge in [-0.1, -0.05) is 25.1 Å². The molecule has 0 saturated heterocycles. The summed E-state index contributed by atoms with van der Waals surface area (Å²) in [6.45, 7) is 4.08. The van der Waals surface area contributed by atoms with E-state index in [0.717, 1.165) is 6.42 Å². The number of ether oxygens (including phenoxy) is 1. The molecule has 0 spiro atoms. The van der Waals surface area contributed by atoms with E-state index in [2.05, 4.69) is 5.32 Å².